The number of aryl methyl sites for hydroxylation is 1. The van der Waals surface area contributed by atoms with E-state index in [0.29, 0.717) is 16.3 Å². The molecule has 0 aliphatic rings. The monoisotopic (exact) mass is 330 g/mol. The highest BCUT2D eigenvalue weighted by molar-refractivity contribution is 7.90. The zero-order chi connectivity index (χ0) is 14.9. The van der Waals surface area contributed by atoms with Crippen molar-refractivity contribution in [2.24, 2.45) is 0 Å². The maximum atomic E-state index is 12.0. The Morgan fingerprint density at radius 1 is 1.40 bits per heavy atom. The van der Waals surface area contributed by atoms with Gasteiger partial charge in [-0.15, -0.1) is 11.3 Å². The third-order valence-electron chi connectivity index (χ3n) is 2.54. The molecule has 8 heteroatoms. The summed E-state index contributed by atoms with van der Waals surface area (Å²) < 4.78 is 23.1. The maximum absolute atomic E-state index is 12.0. The molecule has 0 spiro atoms. The lowest BCUT2D eigenvalue weighted by Gasteiger charge is -2.07. The average Bonchev–Trinajstić information content (AvgIpc) is 2.76. The summed E-state index contributed by atoms with van der Waals surface area (Å²) in [5.74, 6) is -0.327. The largest absolute Gasteiger partial charge is 0.321 e. The first-order valence-electron chi connectivity index (χ1n) is 5.50. The summed E-state index contributed by atoms with van der Waals surface area (Å²) in [5, 5.41) is 2.76. The third-order valence-corrected chi connectivity index (χ3v) is 5.05. The Morgan fingerprint density at radius 3 is 2.65 bits per heavy atom. The number of hydrogen-bond donors (Lipinski definition) is 1. The highest BCUT2D eigenvalue weighted by atomic mass is 35.5. The van der Waals surface area contributed by atoms with Crippen molar-refractivity contribution in [1.29, 1.82) is 0 Å². The molecule has 1 heterocycles. The Labute approximate surface area is 125 Å². The number of halogens is 1. The molecular formula is C12H11ClN2O3S2. The third kappa shape index (κ3) is 3.17. The molecule has 0 bridgehead atoms. The Morgan fingerprint density at radius 2 is 2.10 bits per heavy atom. The lowest BCUT2D eigenvalue weighted by Crippen LogP contribution is -2.12. The summed E-state index contributed by atoms with van der Waals surface area (Å²) in [6.07, 6.45) is 1.06. The van der Waals surface area contributed by atoms with Crippen LogP contribution in [0.1, 0.15) is 15.4 Å². The van der Waals surface area contributed by atoms with Gasteiger partial charge in [-0.1, -0.05) is 11.6 Å². The van der Waals surface area contributed by atoms with Gasteiger partial charge in [0.25, 0.3) is 5.91 Å². The van der Waals surface area contributed by atoms with Gasteiger partial charge in [0.1, 0.15) is 4.88 Å². The van der Waals surface area contributed by atoms with Gasteiger partial charge in [-0.3, -0.25) is 4.79 Å². The van der Waals surface area contributed by atoms with Crippen LogP contribution in [0.5, 0.6) is 0 Å². The van der Waals surface area contributed by atoms with Crippen LogP contribution < -0.4 is 5.32 Å². The molecule has 2 rings (SSSR count). The quantitative estimate of drug-likeness (QED) is 0.938. The first-order valence-corrected chi connectivity index (χ1v) is 8.65. The number of carbonyl (C=O) groups is 1. The fourth-order valence-corrected chi connectivity index (χ4v) is 3.57. The minimum Gasteiger partial charge on any atom is -0.321 e. The van der Waals surface area contributed by atoms with E-state index in [1.807, 2.05) is 0 Å². The van der Waals surface area contributed by atoms with E-state index in [4.69, 9.17) is 11.6 Å². The van der Waals surface area contributed by atoms with Crippen molar-refractivity contribution in [3.8, 4) is 0 Å². The Balaban J connectivity index is 2.32. The first-order chi connectivity index (χ1) is 9.29. The zero-order valence-electron chi connectivity index (χ0n) is 10.7. The predicted molar refractivity (Wildman–Crippen MR) is 79.4 cm³/mol. The standard InChI is InChI=1S/C12H11ClN2O3S2/c1-7-11(19-6-14-7)12(16)15-8-3-4-9(13)10(5-8)20(2,17)18/h3-6H,1-2H3,(H,15,16). The first kappa shape index (κ1) is 15.0. The minimum absolute atomic E-state index is 0.0157. The number of nitrogens with zero attached hydrogens (tertiary/aromatic N) is 1. The van der Waals surface area contributed by atoms with Crippen LogP contribution in [-0.2, 0) is 9.84 Å². The van der Waals surface area contributed by atoms with Crippen molar-refractivity contribution in [2.45, 2.75) is 11.8 Å². The van der Waals surface area contributed by atoms with Crippen LogP contribution in [0.2, 0.25) is 5.02 Å². The number of amides is 1. The van der Waals surface area contributed by atoms with Gasteiger partial charge in [0.15, 0.2) is 9.84 Å². The number of aromatic nitrogens is 1. The smallest absolute Gasteiger partial charge is 0.267 e. The van der Waals surface area contributed by atoms with Gasteiger partial charge < -0.3 is 5.32 Å². The Hall–Kier alpha value is -1.44. The van der Waals surface area contributed by atoms with E-state index in [2.05, 4.69) is 10.3 Å². The van der Waals surface area contributed by atoms with Crippen LogP contribution in [-0.4, -0.2) is 25.6 Å². The summed E-state index contributed by atoms with van der Waals surface area (Å²) >= 11 is 7.06. The van der Waals surface area contributed by atoms with Crippen LogP contribution in [0.15, 0.2) is 28.6 Å². The molecule has 0 saturated carbocycles. The maximum Gasteiger partial charge on any atom is 0.267 e. The molecule has 5 nitrogen and oxygen atoms in total. The Kier molecular flexibility index (Phi) is 4.12. The molecule has 0 saturated heterocycles. The summed E-state index contributed by atoms with van der Waals surface area (Å²) in [5.41, 5.74) is 2.58. The second-order valence-corrected chi connectivity index (χ2v) is 7.38. The highest BCUT2D eigenvalue weighted by Crippen LogP contribution is 2.25. The summed E-state index contributed by atoms with van der Waals surface area (Å²) in [6, 6.07) is 4.32. The van der Waals surface area contributed by atoms with E-state index < -0.39 is 9.84 Å². The lowest BCUT2D eigenvalue weighted by molar-refractivity contribution is 0.103. The van der Waals surface area contributed by atoms with Crippen molar-refractivity contribution < 1.29 is 13.2 Å². The van der Waals surface area contributed by atoms with Crippen LogP contribution in [0.4, 0.5) is 5.69 Å². The molecule has 0 fully saturated rings. The molecule has 0 aliphatic carbocycles. The van der Waals surface area contributed by atoms with Gasteiger partial charge >= 0.3 is 0 Å². The zero-order valence-corrected chi connectivity index (χ0v) is 13.1. The molecule has 1 aromatic carbocycles. The number of anilines is 1. The number of sulfone groups is 1. The normalized spacial score (nSPS) is 11.3. The molecule has 1 aromatic heterocycles. The summed E-state index contributed by atoms with van der Waals surface area (Å²) in [6.45, 7) is 1.73. The molecule has 0 atom stereocenters. The molecule has 0 unspecified atom stereocenters. The van der Waals surface area contributed by atoms with Gasteiger partial charge in [0.2, 0.25) is 0 Å². The SMILES string of the molecule is Cc1ncsc1C(=O)Nc1ccc(Cl)c(S(C)(=O)=O)c1. The number of carbonyl (C=O) groups excluding carboxylic acids is 1. The number of thiazole rings is 1. The fourth-order valence-electron chi connectivity index (χ4n) is 1.57. The van der Waals surface area contributed by atoms with Crippen molar-refractivity contribution in [3.63, 3.8) is 0 Å². The van der Waals surface area contributed by atoms with E-state index in [1.54, 1.807) is 18.5 Å². The van der Waals surface area contributed by atoms with Crippen molar-refractivity contribution in [3.05, 3.63) is 39.3 Å². The van der Waals surface area contributed by atoms with Crippen molar-refractivity contribution in [2.75, 3.05) is 11.6 Å². The van der Waals surface area contributed by atoms with Gasteiger partial charge in [-0.25, -0.2) is 13.4 Å². The molecule has 2 aromatic rings. The minimum atomic E-state index is -3.45. The number of rotatable bonds is 3. The van der Waals surface area contributed by atoms with Crippen LogP contribution in [0.25, 0.3) is 0 Å². The number of nitrogens with one attached hydrogen (secondary N) is 1. The molecule has 1 N–H and O–H groups in total. The summed E-state index contributed by atoms with van der Waals surface area (Å²) in [4.78, 5) is 16.5. The molecule has 0 aliphatic heterocycles. The molecule has 106 valence electrons. The van der Waals surface area contributed by atoms with E-state index in [9.17, 15) is 13.2 Å². The van der Waals surface area contributed by atoms with E-state index in [1.165, 1.54) is 23.5 Å². The second-order valence-electron chi connectivity index (χ2n) is 4.14. The Bertz CT molecular complexity index is 769. The average molecular weight is 331 g/mol. The van der Waals surface area contributed by atoms with E-state index in [0.717, 1.165) is 6.26 Å². The topological polar surface area (TPSA) is 76.1 Å². The highest BCUT2D eigenvalue weighted by Gasteiger charge is 2.16. The van der Waals surface area contributed by atoms with Crippen molar-refractivity contribution >= 4 is 44.4 Å². The summed E-state index contributed by atoms with van der Waals surface area (Å²) in [7, 11) is -3.45. The lowest BCUT2D eigenvalue weighted by atomic mass is 10.3. The number of hydrogen-bond acceptors (Lipinski definition) is 5. The van der Waals surface area contributed by atoms with Crippen LogP contribution in [0.3, 0.4) is 0 Å². The van der Waals surface area contributed by atoms with Gasteiger partial charge in [-0.2, -0.15) is 0 Å². The second kappa shape index (κ2) is 5.51. The van der Waals surface area contributed by atoms with Crippen LogP contribution >= 0.6 is 22.9 Å². The predicted octanol–water partition coefficient (Wildman–Crippen LogP) is 2.76. The number of benzene rings is 1. The van der Waals surface area contributed by atoms with Gasteiger partial charge in [-0.05, 0) is 25.1 Å². The van der Waals surface area contributed by atoms with Gasteiger partial charge in [0.05, 0.1) is 21.1 Å². The van der Waals surface area contributed by atoms with E-state index >= 15 is 0 Å². The van der Waals surface area contributed by atoms with E-state index in [-0.39, 0.29) is 15.8 Å². The molecule has 20 heavy (non-hydrogen) atoms. The molecule has 0 radical (unpaired) electrons. The fraction of sp³-hybridized carbons (Fsp3) is 0.167. The van der Waals surface area contributed by atoms with Crippen LogP contribution in [0, 0.1) is 6.92 Å². The molecular weight excluding hydrogens is 320 g/mol. The van der Waals surface area contributed by atoms with Gasteiger partial charge in [0, 0.05) is 11.9 Å². The van der Waals surface area contributed by atoms with Crippen molar-refractivity contribution in [1.82, 2.24) is 4.98 Å². The molecule has 1 amide bonds.